The van der Waals surface area contributed by atoms with Gasteiger partial charge in [-0.2, -0.15) is 0 Å². The first-order valence-electron chi connectivity index (χ1n) is 7.38. The number of anilines is 1. The van der Waals surface area contributed by atoms with Crippen LogP contribution in [0.15, 0.2) is 40.1 Å². The number of ether oxygens (including phenoxy) is 2. The predicted molar refractivity (Wildman–Crippen MR) is 94.9 cm³/mol. The van der Waals surface area contributed by atoms with Gasteiger partial charge in [-0.15, -0.1) is 11.3 Å². The third-order valence-corrected chi connectivity index (χ3v) is 4.32. The van der Waals surface area contributed by atoms with Crippen LogP contribution in [0.5, 0.6) is 5.75 Å². The van der Waals surface area contributed by atoms with Crippen LogP contribution in [-0.4, -0.2) is 32.1 Å². The number of fused-ring (bicyclic) bond motifs is 1. The maximum Gasteiger partial charge on any atom is 0.413 e. The lowest BCUT2D eigenvalue weighted by molar-refractivity contribution is 0.0938. The van der Waals surface area contributed by atoms with Crippen molar-refractivity contribution in [2.45, 2.75) is 0 Å². The third kappa shape index (κ3) is 3.38. The zero-order chi connectivity index (χ0) is 18.7. The van der Waals surface area contributed by atoms with E-state index in [0.717, 1.165) is 18.4 Å². The van der Waals surface area contributed by atoms with Gasteiger partial charge in [-0.1, -0.05) is 12.1 Å². The highest BCUT2D eigenvalue weighted by molar-refractivity contribution is 7.14. The summed E-state index contributed by atoms with van der Waals surface area (Å²) in [6, 6.07) is 8.36. The molecule has 0 aliphatic carbocycles. The van der Waals surface area contributed by atoms with Crippen molar-refractivity contribution in [2.24, 2.45) is 0 Å². The number of para-hydroxylation sites is 1. The van der Waals surface area contributed by atoms with Crippen LogP contribution in [0.4, 0.5) is 9.80 Å². The van der Waals surface area contributed by atoms with Gasteiger partial charge in [-0.3, -0.25) is 14.9 Å². The van der Waals surface area contributed by atoms with Crippen LogP contribution in [0.1, 0.15) is 20.9 Å². The second-order valence-corrected chi connectivity index (χ2v) is 5.97. The van der Waals surface area contributed by atoms with E-state index in [9.17, 15) is 14.4 Å². The lowest BCUT2D eigenvalue weighted by Crippen LogP contribution is -2.30. The van der Waals surface area contributed by atoms with E-state index >= 15 is 0 Å². The molecule has 2 aromatic heterocycles. The molecule has 0 radical (unpaired) electrons. The van der Waals surface area contributed by atoms with Crippen molar-refractivity contribution >= 4 is 45.2 Å². The lowest BCUT2D eigenvalue weighted by Gasteiger charge is -2.05. The number of methoxy groups -OCH3 is 2. The number of amides is 3. The first-order valence-corrected chi connectivity index (χ1v) is 8.26. The Morgan fingerprint density at radius 2 is 1.92 bits per heavy atom. The molecule has 3 amide bonds. The first-order chi connectivity index (χ1) is 12.5. The van der Waals surface area contributed by atoms with Crippen molar-refractivity contribution in [3.8, 4) is 5.75 Å². The second-order valence-electron chi connectivity index (χ2n) is 5.05. The van der Waals surface area contributed by atoms with Gasteiger partial charge < -0.3 is 19.2 Å². The van der Waals surface area contributed by atoms with E-state index in [1.165, 1.54) is 13.2 Å². The molecule has 3 aromatic rings. The molecule has 0 aliphatic heterocycles. The van der Waals surface area contributed by atoms with Crippen LogP contribution >= 0.6 is 11.3 Å². The van der Waals surface area contributed by atoms with Gasteiger partial charge in [0.05, 0.1) is 19.8 Å². The lowest BCUT2D eigenvalue weighted by atomic mass is 10.2. The molecule has 0 fully saturated rings. The number of carbonyl (C=O) groups excluding carboxylic acids is 3. The fourth-order valence-corrected chi connectivity index (χ4v) is 3.05. The van der Waals surface area contributed by atoms with Crippen molar-refractivity contribution in [2.75, 3.05) is 19.5 Å². The molecule has 8 nitrogen and oxygen atoms in total. The Hall–Kier alpha value is -3.33. The number of carbonyl (C=O) groups is 3. The van der Waals surface area contributed by atoms with Crippen LogP contribution in [-0.2, 0) is 4.74 Å². The number of furan rings is 1. The summed E-state index contributed by atoms with van der Waals surface area (Å²) in [7, 11) is 2.66. The summed E-state index contributed by atoms with van der Waals surface area (Å²) in [6.45, 7) is 0. The van der Waals surface area contributed by atoms with Gasteiger partial charge in [0, 0.05) is 5.39 Å². The summed E-state index contributed by atoms with van der Waals surface area (Å²) in [5.74, 6) is -0.634. The molecular formula is C17H14N2O6S. The second kappa shape index (κ2) is 7.28. The first kappa shape index (κ1) is 17.5. The summed E-state index contributed by atoms with van der Waals surface area (Å²) in [6.07, 6.45) is -0.886. The van der Waals surface area contributed by atoms with Gasteiger partial charge in [0.15, 0.2) is 17.1 Å². The molecule has 0 spiro atoms. The van der Waals surface area contributed by atoms with Gasteiger partial charge in [-0.25, -0.2) is 4.79 Å². The third-order valence-electron chi connectivity index (χ3n) is 3.49. The number of benzene rings is 1. The number of hydrogen-bond donors (Lipinski definition) is 2. The van der Waals surface area contributed by atoms with Crippen molar-refractivity contribution in [3.05, 3.63) is 47.0 Å². The van der Waals surface area contributed by atoms with Crippen molar-refractivity contribution < 1.29 is 28.3 Å². The number of nitrogens with one attached hydrogen (secondary N) is 2. The maximum absolute atomic E-state index is 12.5. The normalized spacial score (nSPS) is 10.4. The van der Waals surface area contributed by atoms with E-state index in [0.29, 0.717) is 16.7 Å². The average Bonchev–Trinajstić information content (AvgIpc) is 3.27. The standard InChI is InChI=1S/C17H14N2O6S/c1-23-11-5-3-4-9-8-12(25-13(9)11)15(21)18-16-10(6-7-26-16)14(20)19-17(22)24-2/h3-8H,1-2H3,(H,18,21)(H,19,20,22). The molecule has 3 rings (SSSR count). The molecule has 1 aromatic carbocycles. The molecule has 0 saturated carbocycles. The summed E-state index contributed by atoms with van der Waals surface area (Å²) in [5.41, 5.74) is 0.595. The van der Waals surface area contributed by atoms with Crippen LogP contribution in [0.3, 0.4) is 0 Å². The fraction of sp³-hybridized carbons (Fsp3) is 0.118. The van der Waals surface area contributed by atoms with Gasteiger partial charge >= 0.3 is 6.09 Å². The van der Waals surface area contributed by atoms with Gasteiger partial charge in [-0.05, 0) is 23.6 Å². The highest BCUT2D eigenvalue weighted by Crippen LogP contribution is 2.30. The molecule has 26 heavy (non-hydrogen) atoms. The van der Waals surface area contributed by atoms with Crippen LogP contribution < -0.4 is 15.4 Å². The van der Waals surface area contributed by atoms with Gasteiger partial charge in [0.25, 0.3) is 11.8 Å². The van der Waals surface area contributed by atoms with E-state index in [1.807, 2.05) is 5.32 Å². The largest absolute Gasteiger partial charge is 0.493 e. The minimum absolute atomic E-state index is 0.0669. The Morgan fingerprint density at radius 3 is 2.65 bits per heavy atom. The number of hydrogen-bond acceptors (Lipinski definition) is 7. The molecule has 9 heteroatoms. The summed E-state index contributed by atoms with van der Waals surface area (Å²) in [5, 5.41) is 7.25. The molecule has 0 bridgehead atoms. The Balaban J connectivity index is 1.82. The van der Waals surface area contributed by atoms with E-state index in [-0.39, 0.29) is 16.3 Å². The molecule has 0 atom stereocenters. The minimum atomic E-state index is -0.886. The topological polar surface area (TPSA) is 107 Å². The van der Waals surface area contributed by atoms with Crippen molar-refractivity contribution in [3.63, 3.8) is 0 Å². The van der Waals surface area contributed by atoms with E-state index in [4.69, 9.17) is 9.15 Å². The Labute approximate surface area is 151 Å². The zero-order valence-corrected chi connectivity index (χ0v) is 14.6. The molecule has 2 N–H and O–H groups in total. The van der Waals surface area contributed by atoms with E-state index in [1.54, 1.807) is 29.6 Å². The number of rotatable bonds is 4. The van der Waals surface area contributed by atoms with E-state index in [2.05, 4.69) is 10.1 Å². The quantitative estimate of drug-likeness (QED) is 0.726. The van der Waals surface area contributed by atoms with Crippen LogP contribution in [0.2, 0.25) is 0 Å². The summed E-state index contributed by atoms with van der Waals surface area (Å²) in [4.78, 5) is 35.7. The molecule has 134 valence electrons. The monoisotopic (exact) mass is 374 g/mol. The minimum Gasteiger partial charge on any atom is -0.493 e. The fourth-order valence-electron chi connectivity index (χ4n) is 2.27. The maximum atomic E-state index is 12.5. The Kier molecular flexibility index (Phi) is 4.90. The van der Waals surface area contributed by atoms with Gasteiger partial charge in [0.2, 0.25) is 0 Å². The Morgan fingerprint density at radius 1 is 1.12 bits per heavy atom. The average molecular weight is 374 g/mol. The smallest absolute Gasteiger partial charge is 0.413 e. The summed E-state index contributed by atoms with van der Waals surface area (Å²) < 4.78 is 15.2. The summed E-state index contributed by atoms with van der Waals surface area (Å²) >= 11 is 1.14. The Bertz CT molecular complexity index is 990. The number of imide groups is 1. The molecule has 0 unspecified atom stereocenters. The molecule has 0 aliphatic rings. The SMILES string of the molecule is COC(=O)NC(=O)c1ccsc1NC(=O)c1cc2cccc(OC)c2o1. The number of alkyl carbamates (subject to hydrolysis) is 1. The number of thiophene rings is 1. The van der Waals surface area contributed by atoms with Crippen LogP contribution in [0, 0.1) is 0 Å². The highest BCUT2D eigenvalue weighted by atomic mass is 32.1. The van der Waals surface area contributed by atoms with E-state index < -0.39 is 17.9 Å². The van der Waals surface area contributed by atoms with Crippen molar-refractivity contribution in [1.82, 2.24) is 5.32 Å². The molecule has 2 heterocycles. The van der Waals surface area contributed by atoms with Gasteiger partial charge in [0.1, 0.15) is 5.00 Å². The highest BCUT2D eigenvalue weighted by Gasteiger charge is 2.20. The molecule has 0 saturated heterocycles. The van der Waals surface area contributed by atoms with Crippen molar-refractivity contribution in [1.29, 1.82) is 0 Å². The van der Waals surface area contributed by atoms with Crippen LogP contribution in [0.25, 0.3) is 11.0 Å². The zero-order valence-electron chi connectivity index (χ0n) is 13.8. The molecular weight excluding hydrogens is 360 g/mol. The predicted octanol–water partition coefficient (Wildman–Crippen LogP) is 3.25.